The van der Waals surface area contributed by atoms with E-state index in [2.05, 4.69) is 25.1 Å². The van der Waals surface area contributed by atoms with E-state index in [1.165, 1.54) is 58.7 Å². The van der Waals surface area contributed by atoms with Crippen LogP contribution in [0, 0.1) is 5.92 Å². The van der Waals surface area contributed by atoms with Gasteiger partial charge in [0.2, 0.25) is 0 Å². The zero-order valence-electron chi connectivity index (χ0n) is 11.6. The van der Waals surface area contributed by atoms with E-state index in [9.17, 15) is 0 Å². The predicted molar refractivity (Wildman–Crippen MR) is 75.9 cm³/mol. The van der Waals surface area contributed by atoms with Crippen LogP contribution in [0.15, 0.2) is 12.4 Å². The van der Waals surface area contributed by atoms with Gasteiger partial charge in [-0.25, -0.2) is 4.98 Å². The van der Waals surface area contributed by atoms with Crippen LogP contribution < -0.4 is 5.32 Å². The molecule has 1 aromatic heterocycles. The molecule has 0 amide bonds. The molecule has 3 rings (SSSR count). The summed E-state index contributed by atoms with van der Waals surface area (Å²) in [7, 11) is 0. The maximum absolute atomic E-state index is 4.31. The number of hydrogen-bond donors (Lipinski definition) is 2. The van der Waals surface area contributed by atoms with E-state index >= 15 is 0 Å². The first-order valence-electron chi connectivity index (χ1n) is 7.54. The van der Waals surface area contributed by atoms with E-state index in [0.29, 0.717) is 0 Å². The minimum Gasteiger partial charge on any atom is -0.348 e. The average Bonchev–Trinajstić information content (AvgIpc) is 2.95. The molecule has 0 aromatic carbocycles. The Bertz CT molecular complexity index is 350. The molecule has 2 aliphatic rings. The minimum atomic E-state index is 0.915. The number of aromatic amines is 1. The minimum absolute atomic E-state index is 0.915. The van der Waals surface area contributed by atoms with Crippen LogP contribution in [0.3, 0.4) is 0 Å². The molecular formula is C14H25N5. The van der Waals surface area contributed by atoms with Crippen molar-refractivity contribution in [2.75, 3.05) is 45.8 Å². The van der Waals surface area contributed by atoms with Gasteiger partial charge in [-0.1, -0.05) is 0 Å². The Morgan fingerprint density at radius 3 is 2.53 bits per heavy atom. The molecular weight excluding hydrogens is 238 g/mol. The standard InChI is InChI=1S/C14H25N5/c1-3-15-4-2-13(1)11-18-7-9-19(10-8-18)12-14-16-5-6-17-14/h5-6,13,15H,1-4,7-12H2,(H,16,17). The zero-order valence-corrected chi connectivity index (χ0v) is 11.6. The summed E-state index contributed by atoms with van der Waals surface area (Å²) < 4.78 is 0. The highest BCUT2D eigenvalue weighted by atomic mass is 15.3. The first-order valence-corrected chi connectivity index (χ1v) is 7.54. The lowest BCUT2D eigenvalue weighted by Crippen LogP contribution is -2.48. The van der Waals surface area contributed by atoms with Crippen molar-refractivity contribution in [3.8, 4) is 0 Å². The highest BCUT2D eigenvalue weighted by molar-refractivity contribution is 4.88. The molecule has 2 N–H and O–H groups in total. The zero-order chi connectivity index (χ0) is 12.9. The smallest absolute Gasteiger partial charge is 0.120 e. The number of piperazine rings is 1. The van der Waals surface area contributed by atoms with Crippen molar-refractivity contribution in [1.29, 1.82) is 0 Å². The van der Waals surface area contributed by atoms with Crippen LogP contribution in [0.4, 0.5) is 0 Å². The largest absolute Gasteiger partial charge is 0.348 e. The number of nitrogens with one attached hydrogen (secondary N) is 2. The summed E-state index contributed by atoms with van der Waals surface area (Å²) in [6.45, 7) is 9.46. The maximum Gasteiger partial charge on any atom is 0.120 e. The Labute approximate surface area is 115 Å². The third-order valence-corrected chi connectivity index (χ3v) is 4.37. The van der Waals surface area contributed by atoms with Crippen molar-refractivity contribution in [3.63, 3.8) is 0 Å². The second-order valence-electron chi connectivity index (χ2n) is 5.81. The Hall–Kier alpha value is -0.910. The Morgan fingerprint density at radius 1 is 1.11 bits per heavy atom. The third-order valence-electron chi connectivity index (χ3n) is 4.37. The Kier molecular flexibility index (Phi) is 4.48. The molecule has 0 saturated carbocycles. The Balaban J connectivity index is 1.39. The van der Waals surface area contributed by atoms with Gasteiger partial charge < -0.3 is 15.2 Å². The van der Waals surface area contributed by atoms with E-state index in [1.54, 1.807) is 0 Å². The summed E-state index contributed by atoms with van der Waals surface area (Å²) in [5.41, 5.74) is 0. The van der Waals surface area contributed by atoms with E-state index in [1.807, 2.05) is 12.4 Å². The molecule has 5 nitrogen and oxygen atoms in total. The second-order valence-corrected chi connectivity index (χ2v) is 5.81. The van der Waals surface area contributed by atoms with E-state index in [-0.39, 0.29) is 0 Å². The van der Waals surface area contributed by atoms with Gasteiger partial charge in [-0.15, -0.1) is 0 Å². The molecule has 2 saturated heterocycles. The topological polar surface area (TPSA) is 47.2 Å². The summed E-state index contributed by atoms with van der Waals surface area (Å²) >= 11 is 0. The molecule has 0 radical (unpaired) electrons. The predicted octanol–water partition coefficient (Wildman–Crippen LogP) is 0.527. The van der Waals surface area contributed by atoms with Gasteiger partial charge in [-0.3, -0.25) is 4.90 Å². The van der Waals surface area contributed by atoms with Crippen molar-refractivity contribution in [2.45, 2.75) is 19.4 Å². The van der Waals surface area contributed by atoms with E-state index < -0.39 is 0 Å². The van der Waals surface area contributed by atoms with Gasteiger partial charge in [0, 0.05) is 45.1 Å². The summed E-state index contributed by atoms with van der Waals surface area (Å²) in [5, 5.41) is 3.45. The molecule has 0 unspecified atom stereocenters. The summed E-state index contributed by atoms with van der Waals surface area (Å²) in [6.07, 6.45) is 6.45. The first-order chi connectivity index (χ1) is 9.40. The normalized spacial score (nSPS) is 23.8. The highest BCUT2D eigenvalue weighted by Gasteiger charge is 2.21. The van der Waals surface area contributed by atoms with Crippen LogP contribution in [0.5, 0.6) is 0 Å². The number of nitrogens with zero attached hydrogens (tertiary/aromatic N) is 3. The van der Waals surface area contributed by atoms with Crippen molar-refractivity contribution in [2.24, 2.45) is 5.92 Å². The molecule has 19 heavy (non-hydrogen) atoms. The van der Waals surface area contributed by atoms with E-state index in [0.717, 1.165) is 18.3 Å². The van der Waals surface area contributed by atoms with Gasteiger partial charge in [0.15, 0.2) is 0 Å². The summed E-state index contributed by atoms with van der Waals surface area (Å²) in [6, 6.07) is 0. The van der Waals surface area contributed by atoms with Crippen LogP contribution >= 0.6 is 0 Å². The van der Waals surface area contributed by atoms with Gasteiger partial charge in [-0.05, 0) is 31.8 Å². The molecule has 0 spiro atoms. The van der Waals surface area contributed by atoms with Crippen LogP contribution in [-0.2, 0) is 6.54 Å². The van der Waals surface area contributed by atoms with Gasteiger partial charge in [0.1, 0.15) is 5.82 Å². The van der Waals surface area contributed by atoms with E-state index in [4.69, 9.17) is 0 Å². The lowest BCUT2D eigenvalue weighted by molar-refractivity contribution is 0.105. The van der Waals surface area contributed by atoms with Gasteiger partial charge in [0.25, 0.3) is 0 Å². The van der Waals surface area contributed by atoms with Crippen molar-refractivity contribution in [3.05, 3.63) is 18.2 Å². The molecule has 0 aliphatic carbocycles. The van der Waals surface area contributed by atoms with Crippen LogP contribution in [0.1, 0.15) is 18.7 Å². The molecule has 2 fully saturated rings. The lowest BCUT2D eigenvalue weighted by atomic mass is 9.97. The third kappa shape index (κ3) is 3.78. The molecule has 3 heterocycles. The highest BCUT2D eigenvalue weighted by Crippen LogP contribution is 2.15. The Morgan fingerprint density at radius 2 is 1.84 bits per heavy atom. The number of hydrogen-bond acceptors (Lipinski definition) is 4. The fourth-order valence-corrected chi connectivity index (χ4v) is 3.16. The fourth-order valence-electron chi connectivity index (χ4n) is 3.16. The maximum atomic E-state index is 4.31. The number of piperidine rings is 1. The molecule has 5 heteroatoms. The molecule has 106 valence electrons. The first kappa shape index (κ1) is 13.1. The number of rotatable bonds is 4. The van der Waals surface area contributed by atoms with Crippen molar-refractivity contribution < 1.29 is 0 Å². The average molecular weight is 263 g/mol. The summed E-state index contributed by atoms with van der Waals surface area (Å²) in [4.78, 5) is 12.6. The quantitative estimate of drug-likeness (QED) is 0.832. The van der Waals surface area contributed by atoms with Crippen LogP contribution in [0.2, 0.25) is 0 Å². The van der Waals surface area contributed by atoms with Gasteiger partial charge in [0.05, 0.1) is 6.54 Å². The summed E-state index contributed by atoms with van der Waals surface area (Å²) in [5.74, 6) is 2.00. The van der Waals surface area contributed by atoms with Crippen molar-refractivity contribution in [1.82, 2.24) is 25.1 Å². The molecule has 0 bridgehead atoms. The number of imidazole rings is 1. The van der Waals surface area contributed by atoms with Gasteiger partial charge >= 0.3 is 0 Å². The molecule has 0 atom stereocenters. The second kappa shape index (κ2) is 6.50. The number of aromatic nitrogens is 2. The molecule has 2 aliphatic heterocycles. The van der Waals surface area contributed by atoms with Crippen LogP contribution in [-0.4, -0.2) is 65.6 Å². The molecule has 1 aromatic rings. The van der Waals surface area contributed by atoms with Crippen molar-refractivity contribution >= 4 is 0 Å². The number of H-pyrrole nitrogens is 1. The SMILES string of the molecule is c1c[nH]c(CN2CCN(CC3CCNCC3)CC2)n1. The fraction of sp³-hybridized carbons (Fsp3) is 0.786. The van der Waals surface area contributed by atoms with Gasteiger partial charge in [-0.2, -0.15) is 0 Å². The van der Waals surface area contributed by atoms with Crippen LogP contribution in [0.25, 0.3) is 0 Å². The monoisotopic (exact) mass is 263 g/mol. The lowest BCUT2D eigenvalue weighted by Gasteiger charge is -2.37.